The van der Waals surface area contributed by atoms with Gasteiger partial charge in [-0.3, -0.25) is 24.1 Å². The minimum Gasteiger partial charge on any atom is -0.326 e. The number of para-hydroxylation sites is 2. The van der Waals surface area contributed by atoms with E-state index in [1.807, 2.05) is 0 Å². The molecule has 138 valence electrons. The molecule has 3 amide bonds. The minimum atomic E-state index is -0.936. The summed E-state index contributed by atoms with van der Waals surface area (Å²) >= 11 is 0. The quantitative estimate of drug-likeness (QED) is 0.814. The number of Topliss-reactive ketones (excluding diaryl/α,β-unsaturated/α-hetero) is 1. The molecule has 1 aliphatic rings. The van der Waals surface area contributed by atoms with Crippen molar-refractivity contribution in [3.8, 4) is 0 Å². The second-order valence-corrected chi connectivity index (χ2v) is 6.30. The molecule has 2 N–H and O–H groups in total. The van der Waals surface area contributed by atoms with E-state index in [2.05, 4.69) is 10.6 Å². The van der Waals surface area contributed by atoms with E-state index < -0.39 is 17.9 Å². The summed E-state index contributed by atoms with van der Waals surface area (Å²) in [5.74, 6) is -1.20. The van der Waals surface area contributed by atoms with E-state index in [4.69, 9.17) is 0 Å². The van der Waals surface area contributed by atoms with Crippen LogP contribution >= 0.6 is 0 Å². The van der Waals surface area contributed by atoms with Crippen molar-refractivity contribution in [3.05, 3.63) is 54.1 Å². The van der Waals surface area contributed by atoms with Gasteiger partial charge in [0, 0.05) is 18.2 Å². The third-order valence-electron chi connectivity index (χ3n) is 4.33. The van der Waals surface area contributed by atoms with Crippen LogP contribution in [-0.2, 0) is 14.4 Å². The topological polar surface area (TPSA) is 95.6 Å². The molecule has 0 fully saturated rings. The Morgan fingerprint density at radius 1 is 1.04 bits per heavy atom. The van der Waals surface area contributed by atoms with E-state index >= 15 is 0 Å². The largest absolute Gasteiger partial charge is 0.326 e. The number of anilines is 3. The molecule has 0 radical (unpaired) electrons. The Morgan fingerprint density at radius 3 is 2.33 bits per heavy atom. The fourth-order valence-corrected chi connectivity index (χ4v) is 3.04. The lowest BCUT2D eigenvalue weighted by Gasteiger charge is -2.35. The summed E-state index contributed by atoms with van der Waals surface area (Å²) in [6, 6.07) is 12.5. The highest BCUT2D eigenvalue weighted by atomic mass is 16.2. The van der Waals surface area contributed by atoms with Crippen LogP contribution in [0.15, 0.2) is 48.5 Å². The summed E-state index contributed by atoms with van der Waals surface area (Å²) in [6.07, 6.45) is -0.186. The van der Waals surface area contributed by atoms with Gasteiger partial charge in [-0.25, -0.2) is 0 Å². The fraction of sp³-hybridized carbons (Fsp3) is 0.200. The molecule has 0 saturated heterocycles. The first-order valence-electron chi connectivity index (χ1n) is 8.47. The van der Waals surface area contributed by atoms with Gasteiger partial charge >= 0.3 is 0 Å². The zero-order valence-electron chi connectivity index (χ0n) is 15.0. The molecule has 1 heterocycles. The smallest absolute Gasteiger partial charge is 0.248 e. The van der Waals surface area contributed by atoms with Gasteiger partial charge in [0.15, 0.2) is 5.78 Å². The fourth-order valence-electron chi connectivity index (χ4n) is 3.04. The first-order valence-corrected chi connectivity index (χ1v) is 8.47. The Hall–Kier alpha value is -3.48. The van der Waals surface area contributed by atoms with Crippen molar-refractivity contribution < 1.29 is 19.2 Å². The molecule has 2 aromatic rings. The van der Waals surface area contributed by atoms with Crippen molar-refractivity contribution in [1.29, 1.82) is 0 Å². The number of nitrogens with one attached hydrogen (secondary N) is 2. The molecule has 0 spiro atoms. The second kappa shape index (κ2) is 7.41. The molecule has 2 aromatic carbocycles. The van der Waals surface area contributed by atoms with Crippen molar-refractivity contribution >= 4 is 40.6 Å². The Bertz CT molecular complexity index is 921. The van der Waals surface area contributed by atoms with Gasteiger partial charge in [-0.1, -0.05) is 12.1 Å². The van der Waals surface area contributed by atoms with Gasteiger partial charge in [-0.05, 0) is 43.3 Å². The number of fused-ring (bicyclic) bond motifs is 1. The van der Waals surface area contributed by atoms with E-state index in [-0.39, 0.29) is 18.1 Å². The molecule has 7 heteroatoms. The normalized spacial score (nSPS) is 15.6. The SMILES string of the molecule is CC(=O)c1ccc(NC(=O)C[C@H]2C(=O)Nc3ccccc3N2C(C)=O)cc1. The predicted octanol–water partition coefficient (Wildman–Crippen LogP) is 2.59. The lowest BCUT2D eigenvalue weighted by atomic mass is 10.0. The molecule has 0 aliphatic carbocycles. The van der Waals surface area contributed by atoms with Crippen LogP contribution in [0.2, 0.25) is 0 Å². The van der Waals surface area contributed by atoms with Crippen molar-refractivity contribution in [2.75, 3.05) is 15.5 Å². The van der Waals surface area contributed by atoms with E-state index in [9.17, 15) is 19.2 Å². The number of benzene rings is 2. The summed E-state index contributed by atoms with van der Waals surface area (Å²) in [5, 5.41) is 5.42. The van der Waals surface area contributed by atoms with E-state index in [0.717, 1.165) is 0 Å². The first kappa shape index (κ1) is 18.3. The van der Waals surface area contributed by atoms with Crippen LogP contribution < -0.4 is 15.5 Å². The number of rotatable bonds is 4. The van der Waals surface area contributed by atoms with Gasteiger partial charge < -0.3 is 10.6 Å². The monoisotopic (exact) mass is 365 g/mol. The summed E-state index contributed by atoms with van der Waals surface area (Å²) in [5.41, 5.74) is 2.15. The lowest BCUT2D eigenvalue weighted by Crippen LogP contribution is -2.51. The third-order valence-corrected chi connectivity index (χ3v) is 4.33. The molecule has 7 nitrogen and oxygen atoms in total. The number of carbonyl (C=O) groups is 4. The van der Waals surface area contributed by atoms with Crippen molar-refractivity contribution in [1.82, 2.24) is 0 Å². The minimum absolute atomic E-state index is 0.0671. The summed E-state index contributed by atoms with van der Waals surface area (Å²) < 4.78 is 0. The number of hydrogen-bond acceptors (Lipinski definition) is 4. The Morgan fingerprint density at radius 2 is 1.70 bits per heavy atom. The standard InChI is InChI=1S/C20H19N3O4/c1-12(24)14-7-9-15(10-8-14)21-19(26)11-18-20(27)22-16-5-3-4-6-17(16)23(18)13(2)25/h3-10,18H,11H2,1-2H3,(H,21,26)(H,22,27)/t18-/m0/s1. The molecule has 0 saturated carbocycles. The van der Waals surface area contributed by atoms with Crippen LogP contribution in [0.3, 0.4) is 0 Å². The molecule has 0 aromatic heterocycles. The van der Waals surface area contributed by atoms with Crippen LogP contribution in [-0.4, -0.2) is 29.5 Å². The van der Waals surface area contributed by atoms with E-state index in [1.165, 1.54) is 18.7 Å². The zero-order chi connectivity index (χ0) is 19.6. The maximum atomic E-state index is 12.5. The van der Waals surface area contributed by atoms with Crippen molar-refractivity contribution in [2.45, 2.75) is 26.3 Å². The third kappa shape index (κ3) is 3.87. The predicted molar refractivity (Wildman–Crippen MR) is 102 cm³/mol. The molecule has 1 atom stereocenters. The van der Waals surface area contributed by atoms with Crippen LogP contribution in [0.4, 0.5) is 17.1 Å². The number of amides is 3. The average Bonchev–Trinajstić information content (AvgIpc) is 2.62. The maximum Gasteiger partial charge on any atom is 0.248 e. The zero-order valence-corrected chi connectivity index (χ0v) is 15.0. The highest BCUT2D eigenvalue weighted by Gasteiger charge is 2.36. The highest BCUT2D eigenvalue weighted by molar-refractivity contribution is 6.13. The van der Waals surface area contributed by atoms with Gasteiger partial charge in [-0.2, -0.15) is 0 Å². The van der Waals surface area contributed by atoms with Crippen LogP contribution in [0.25, 0.3) is 0 Å². The van der Waals surface area contributed by atoms with Gasteiger partial charge in [0.2, 0.25) is 17.7 Å². The van der Waals surface area contributed by atoms with Crippen LogP contribution in [0.1, 0.15) is 30.6 Å². The maximum absolute atomic E-state index is 12.5. The molecule has 3 rings (SSSR count). The van der Waals surface area contributed by atoms with E-state index in [1.54, 1.807) is 48.5 Å². The summed E-state index contributed by atoms with van der Waals surface area (Å²) in [4.78, 5) is 49.7. The second-order valence-electron chi connectivity index (χ2n) is 6.30. The number of nitrogens with zero attached hydrogens (tertiary/aromatic N) is 1. The lowest BCUT2D eigenvalue weighted by molar-refractivity contribution is -0.125. The van der Waals surface area contributed by atoms with Crippen molar-refractivity contribution in [2.24, 2.45) is 0 Å². The average molecular weight is 365 g/mol. The Balaban J connectivity index is 1.77. The van der Waals surface area contributed by atoms with Crippen molar-refractivity contribution in [3.63, 3.8) is 0 Å². The Kier molecular flexibility index (Phi) is 5.03. The van der Waals surface area contributed by atoms with Gasteiger partial charge in [0.1, 0.15) is 6.04 Å². The molecular formula is C20H19N3O4. The molecule has 0 unspecified atom stereocenters. The van der Waals surface area contributed by atoms with Gasteiger partial charge in [-0.15, -0.1) is 0 Å². The molecule has 0 bridgehead atoms. The number of ketones is 1. The number of carbonyl (C=O) groups excluding carboxylic acids is 4. The summed E-state index contributed by atoms with van der Waals surface area (Å²) in [7, 11) is 0. The van der Waals surface area contributed by atoms with Gasteiger partial charge in [0.25, 0.3) is 0 Å². The molecule has 1 aliphatic heterocycles. The Labute approximate surface area is 156 Å². The van der Waals surface area contributed by atoms with Crippen LogP contribution in [0.5, 0.6) is 0 Å². The molecular weight excluding hydrogens is 346 g/mol. The highest BCUT2D eigenvalue weighted by Crippen LogP contribution is 2.32. The first-order chi connectivity index (χ1) is 12.9. The van der Waals surface area contributed by atoms with Crippen LogP contribution in [0, 0.1) is 0 Å². The number of hydrogen-bond donors (Lipinski definition) is 2. The van der Waals surface area contributed by atoms with E-state index in [0.29, 0.717) is 22.6 Å². The van der Waals surface area contributed by atoms with Gasteiger partial charge in [0.05, 0.1) is 17.8 Å². The molecule has 27 heavy (non-hydrogen) atoms. The summed E-state index contributed by atoms with van der Waals surface area (Å²) in [6.45, 7) is 2.82.